The smallest absolute Gasteiger partial charge is 0.164 e. The van der Waals surface area contributed by atoms with Crippen LogP contribution in [0.25, 0.3) is 0 Å². The lowest BCUT2D eigenvalue weighted by Crippen LogP contribution is -2.51. The second-order valence-electron chi connectivity index (χ2n) is 7.80. The van der Waals surface area contributed by atoms with Gasteiger partial charge in [0, 0.05) is 5.41 Å². The highest BCUT2D eigenvalue weighted by Gasteiger charge is 2.66. The van der Waals surface area contributed by atoms with Crippen LogP contribution in [-0.2, 0) is 9.47 Å². The number of hydrogen-bond acceptors (Lipinski definition) is 2. The summed E-state index contributed by atoms with van der Waals surface area (Å²) in [7, 11) is 0. The van der Waals surface area contributed by atoms with E-state index in [4.69, 9.17) is 9.47 Å². The van der Waals surface area contributed by atoms with Crippen molar-refractivity contribution < 1.29 is 9.47 Å². The van der Waals surface area contributed by atoms with E-state index in [2.05, 4.69) is 33.8 Å². The van der Waals surface area contributed by atoms with Gasteiger partial charge < -0.3 is 9.47 Å². The molecular weight excluding hydrogens is 224 g/mol. The molecule has 0 aromatic carbocycles. The monoisotopic (exact) mass is 250 g/mol. The number of fused-ring (bicyclic) bond motifs is 3. The number of rotatable bonds is 0. The van der Waals surface area contributed by atoms with Gasteiger partial charge in [0.15, 0.2) is 5.79 Å². The van der Waals surface area contributed by atoms with Crippen molar-refractivity contribution in [3.63, 3.8) is 0 Å². The third kappa shape index (κ3) is 1.36. The van der Waals surface area contributed by atoms with Crippen molar-refractivity contribution in [3.8, 4) is 0 Å². The third-order valence-corrected chi connectivity index (χ3v) is 5.63. The summed E-state index contributed by atoms with van der Waals surface area (Å²) in [5, 5.41) is 0. The highest BCUT2D eigenvalue weighted by atomic mass is 16.8. The molecule has 2 aliphatic carbocycles. The zero-order chi connectivity index (χ0) is 13.4. The molecule has 2 heteroatoms. The van der Waals surface area contributed by atoms with Crippen LogP contribution in [0.4, 0.5) is 0 Å². The molecule has 3 atom stereocenters. The summed E-state index contributed by atoms with van der Waals surface area (Å²) in [4.78, 5) is 0. The normalized spacial score (nSPS) is 48.6. The van der Waals surface area contributed by atoms with Gasteiger partial charge in [0.25, 0.3) is 0 Å². The summed E-state index contributed by atoms with van der Waals surface area (Å²) in [6, 6.07) is 0. The van der Waals surface area contributed by atoms with Crippen LogP contribution in [-0.4, -0.2) is 17.5 Å². The quantitative estimate of drug-likeness (QED) is 0.604. The van der Waals surface area contributed by atoms with E-state index in [9.17, 15) is 0 Å². The molecule has 1 saturated heterocycles. The van der Waals surface area contributed by atoms with Crippen LogP contribution in [0.1, 0.15) is 60.8 Å². The Morgan fingerprint density at radius 3 is 2.39 bits per heavy atom. The Morgan fingerprint density at radius 1 is 1.06 bits per heavy atom. The van der Waals surface area contributed by atoms with E-state index >= 15 is 0 Å². The van der Waals surface area contributed by atoms with E-state index in [-0.39, 0.29) is 22.5 Å². The van der Waals surface area contributed by atoms with Gasteiger partial charge in [0.05, 0.1) is 0 Å². The molecule has 1 saturated carbocycles. The summed E-state index contributed by atoms with van der Waals surface area (Å²) in [6.07, 6.45) is 6.26. The first kappa shape index (κ1) is 12.7. The Morgan fingerprint density at radius 2 is 1.72 bits per heavy atom. The van der Waals surface area contributed by atoms with Gasteiger partial charge in [-0.1, -0.05) is 38.8 Å². The molecule has 1 aliphatic heterocycles. The molecule has 0 spiro atoms. The van der Waals surface area contributed by atoms with Gasteiger partial charge in [0.1, 0.15) is 11.7 Å². The molecule has 102 valence electrons. The molecule has 18 heavy (non-hydrogen) atoms. The molecule has 0 aromatic heterocycles. The zero-order valence-electron chi connectivity index (χ0n) is 12.6. The van der Waals surface area contributed by atoms with Crippen LogP contribution in [0, 0.1) is 10.8 Å². The minimum atomic E-state index is -0.452. The number of ether oxygens (including phenoxy) is 2. The van der Waals surface area contributed by atoms with Gasteiger partial charge in [0.2, 0.25) is 0 Å². The minimum absolute atomic E-state index is 0.116. The lowest BCUT2D eigenvalue weighted by Gasteiger charge is -2.50. The van der Waals surface area contributed by atoms with Crippen molar-refractivity contribution >= 4 is 0 Å². The lowest BCUT2D eigenvalue weighted by molar-refractivity contribution is -0.183. The van der Waals surface area contributed by atoms with Crippen LogP contribution >= 0.6 is 0 Å². The van der Waals surface area contributed by atoms with E-state index in [0.29, 0.717) is 0 Å². The van der Waals surface area contributed by atoms with Crippen LogP contribution in [0.15, 0.2) is 11.6 Å². The van der Waals surface area contributed by atoms with Gasteiger partial charge in [-0.3, -0.25) is 0 Å². The molecule has 3 aliphatic rings. The van der Waals surface area contributed by atoms with Crippen molar-refractivity contribution in [1.29, 1.82) is 0 Å². The first-order chi connectivity index (χ1) is 8.11. The molecule has 2 nitrogen and oxygen atoms in total. The molecule has 0 N–H and O–H groups in total. The van der Waals surface area contributed by atoms with Crippen LogP contribution in [0.2, 0.25) is 0 Å². The van der Waals surface area contributed by atoms with Gasteiger partial charge >= 0.3 is 0 Å². The molecule has 1 heterocycles. The fourth-order valence-electron chi connectivity index (χ4n) is 4.61. The van der Waals surface area contributed by atoms with Gasteiger partial charge in [-0.15, -0.1) is 0 Å². The first-order valence-corrected chi connectivity index (χ1v) is 7.22. The summed E-state index contributed by atoms with van der Waals surface area (Å²) < 4.78 is 12.5. The van der Waals surface area contributed by atoms with Crippen LogP contribution < -0.4 is 0 Å². The summed E-state index contributed by atoms with van der Waals surface area (Å²) in [5.41, 5.74) is 1.79. The van der Waals surface area contributed by atoms with Crippen molar-refractivity contribution in [2.24, 2.45) is 10.8 Å². The predicted octanol–water partition coefficient (Wildman–Crippen LogP) is 4.05. The maximum atomic E-state index is 6.35. The molecule has 0 radical (unpaired) electrons. The summed E-state index contributed by atoms with van der Waals surface area (Å²) in [5.74, 6) is -0.452. The maximum Gasteiger partial charge on any atom is 0.164 e. The molecule has 1 unspecified atom stereocenters. The topological polar surface area (TPSA) is 18.5 Å². The molecule has 0 amide bonds. The van der Waals surface area contributed by atoms with Crippen LogP contribution in [0.3, 0.4) is 0 Å². The minimum Gasteiger partial charge on any atom is -0.340 e. The Labute approximate surface area is 111 Å². The lowest BCUT2D eigenvalue weighted by atomic mass is 9.57. The SMILES string of the molecule is CC1(C)OC2C=C3C(C)(C)CCC[C@]3(C)[C@]2(C)O1. The van der Waals surface area contributed by atoms with Crippen molar-refractivity contribution in [1.82, 2.24) is 0 Å². The second kappa shape index (κ2) is 3.21. The second-order valence-corrected chi connectivity index (χ2v) is 7.80. The van der Waals surface area contributed by atoms with E-state index in [0.717, 1.165) is 0 Å². The van der Waals surface area contributed by atoms with Crippen molar-refractivity contribution in [2.45, 2.75) is 78.3 Å². The first-order valence-electron chi connectivity index (χ1n) is 7.22. The maximum absolute atomic E-state index is 6.35. The van der Waals surface area contributed by atoms with Gasteiger partial charge in [-0.2, -0.15) is 0 Å². The average molecular weight is 250 g/mol. The molecule has 3 rings (SSSR count). The van der Waals surface area contributed by atoms with Crippen LogP contribution in [0.5, 0.6) is 0 Å². The van der Waals surface area contributed by atoms with Gasteiger partial charge in [-0.05, 0) is 39.0 Å². The summed E-state index contributed by atoms with van der Waals surface area (Å²) in [6.45, 7) is 13.4. The van der Waals surface area contributed by atoms with Gasteiger partial charge in [-0.25, -0.2) is 0 Å². The highest BCUT2D eigenvalue weighted by Crippen LogP contribution is 2.64. The van der Waals surface area contributed by atoms with Crippen molar-refractivity contribution in [3.05, 3.63) is 11.6 Å². The zero-order valence-corrected chi connectivity index (χ0v) is 12.6. The van der Waals surface area contributed by atoms with E-state index in [1.165, 1.54) is 19.3 Å². The summed E-state index contributed by atoms with van der Waals surface area (Å²) >= 11 is 0. The Kier molecular flexibility index (Phi) is 2.26. The highest BCUT2D eigenvalue weighted by molar-refractivity contribution is 5.38. The molecule has 0 aromatic rings. The van der Waals surface area contributed by atoms with E-state index < -0.39 is 5.79 Å². The third-order valence-electron chi connectivity index (χ3n) is 5.63. The Balaban J connectivity index is 2.09. The number of hydrogen-bond donors (Lipinski definition) is 0. The predicted molar refractivity (Wildman–Crippen MR) is 72.3 cm³/mol. The van der Waals surface area contributed by atoms with E-state index in [1.807, 2.05) is 13.8 Å². The van der Waals surface area contributed by atoms with Crippen molar-refractivity contribution in [2.75, 3.05) is 0 Å². The molecule has 2 fully saturated rings. The van der Waals surface area contributed by atoms with E-state index in [1.54, 1.807) is 5.57 Å². The molecular formula is C16H26O2. The standard InChI is InChI=1S/C16H26O2/c1-13(2)8-7-9-15(5)11(13)10-12-16(15,6)18-14(3,4)17-12/h10,12H,7-9H2,1-6H3/t12?,15-,16+/m0/s1. The largest absolute Gasteiger partial charge is 0.340 e. The fourth-order valence-corrected chi connectivity index (χ4v) is 4.61. The molecule has 0 bridgehead atoms. The Bertz CT molecular complexity index is 421. The average Bonchev–Trinajstić information content (AvgIpc) is 2.53. The Hall–Kier alpha value is -0.340. The fraction of sp³-hybridized carbons (Fsp3) is 0.875.